The molecule has 45 heavy (non-hydrogen) atoms. The first-order valence-electron chi connectivity index (χ1n) is 14.2. The number of ether oxygens (including phenoxy) is 5. The molecule has 246 valence electrons. The number of benzene rings is 2. The van der Waals surface area contributed by atoms with Crippen molar-refractivity contribution in [2.75, 3.05) is 20.3 Å². The zero-order valence-corrected chi connectivity index (χ0v) is 24.2. The summed E-state index contributed by atoms with van der Waals surface area (Å²) in [5.74, 6) is 0.860. The van der Waals surface area contributed by atoms with E-state index >= 15 is 0 Å². The molecule has 2 aromatic carbocycles. The second-order valence-electron chi connectivity index (χ2n) is 10.8. The normalized spacial score (nSPS) is 32.7. The molecule has 2 fully saturated rings. The van der Waals surface area contributed by atoms with E-state index in [1.54, 1.807) is 24.3 Å². The van der Waals surface area contributed by atoms with Crippen LogP contribution in [-0.4, -0.2) is 129 Å². The highest BCUT2D eigenvalue weighted by Gasteiger charge is 2.54. The van der Waals surface area contributed by atoms with E-state index in [4.69, 9.17) is 28.1 Å². The fourth-order valence-electron chi connectivity index (χ4n) is 5.44. The molecular formula is C30H36O15. The molecule has 3 heterocycles. The van der Waals surface area contributed by atoms with Crippen LogP contribution in [0.1, 0.15) is 6.92 Å². The maximum absolute atomic E-state index is 13.4. The Morgan fingerprint density at radius 2 is 1.47 bits per heavy atom. The summed E-state index contributed by atoms with van der Waals surface area (Å²) in [5.41, 5.74) is 0.0852. The topological polar surface area (TPSA) is 238 Å². The first-order chi connectivity index (χ1) is 21.5. The van der Waals surface area contributed by atoms with Crippen molar-refractivity contribution in [3.8, 4) is 28.6 Å². The van der Waals surface area contributed by atoms with Crippen LogP contribution in [0, 0.1) is 0 Å². The lowest BCUT2D eigenvalue weighted by molar-refractivity contribution is -0.313. The van der Waals surface area contributed by atoms with Crippen LogP contribution in [0.15, 0.2) is 51.7 Å². The summed E-state index contributed by atoms with van der Waals surface area (Å²) in [4.78, 5) is 13.4. The molecule has 0 amide bonds. The molecule has 0 saturated carbocycles. The third-order valence-electron chi connectivity index (χ3n) is 7.91. The van der Waals surface area contributed by atoms with Gasteiger partial charge in [-0.3, -0.25) is 4.79 Å². The van der Waals surface area contributed by atoms with Gasteiger partial charge in [0.05, 0.1) is 20.3 Å². The van der Waals surface area contributed by atoms with Crippen LogP contribution >= 0.6 is 0 Å². The predicted octanol–water partition coefficient (Wildman–Crippen LogP) is -1.74. The Bertz CT molecular complexity index is 1510. The first kappa shape index (κ1) is 33.0. The van der Waals surface area contributed by atoms with Gasteiger partial charge in [0.2, 0.25) is 6.29 Å². The first-order valence-corrected chi connectivity index (χ1v) is 14.2. The third-order valence-corrected chi connectivity index (χ3v) is 7.91. The number of rotatable bonds is 9. The minimum Gasteiger partial charge on any atom is -0.496 e. The summed E-state index contributed by atoms with van der Waals surface area (Å²) < 4.78 is 33.7. The molecule has 2 saturated heterocycles. The molecule has 2 aliphatic heterocycles. The zero-order valence-electron chi connectivity index (χ0n) is 24.2. The molecule has 0 spiro atoms. The van der Waals surface area contributed by atoms with Crippen molar-refractivity contribution in [2.24, 2.45) is 0 Å². The van der Waals surface area contributed by atoms with Gasteiger partial charge in [-0.25, -0.2) is 0 Å². The summed E-state index contributed by atoms with van der Waals surface area (Å²) in [5, 5.41) is 83.2. The molecule has 0 bridgehead atoms. The highest BCUT2D eigenvalue weighted by atomic mass is 16.7. The van der Waals surface area contributed by atoms with Gasteiger partial charge < -0.3 is 69.0 Å². The number of methoxy groups -OCH3 is 1. The van der Waals surface area contributed by atoms with E-state index in [0.29, 0.717) is 17.9 Å². The number of hydrogen-bond acceptors (Lipinski definition) is 15. The van der Waals surface area contributed by atoms with Crippen molar-refractivity contribution in [1.29, 1.82) is 0 Å². The van der Waals surface area contributed by atoms with Crippen molar-refractivity contribution < 1.29 is 69.0 Å². The van der Waals surface area contributed by atoms with Crippen LogP contribution in [0.3, 0.4) is 0 Å². The third kappa shape index (κ3) is 6.37. The fraction of sp³-hybridized carbons (Fsp3) is 0.500. The summed E-state index contributed by atoms with van der Waals surface area (Å²) in [6.07, 6.45) is -19.9. The largest absolute Gasteiger partial charge is 0.496 e. The number of fused-ring (bicyclic) bond motifs is 1. The number of hydrogen-bond donors (Lipinski definition) is 8. The van der Waals surface area contributed by atoms with Gasteiger partial charge in [-0.15, -0.1) is 0 Å². The van der Waals surface area contributed by atoms with Gasteiger partial charge >= 0.3 is 0 Å². The monoisotopic (exact) mass is 636 g/mol. The Hall–Kier alpha value is -3.35. The molecule has 1 aromatic heterocycles. The van der Waals surface area contributed by atoms with Crippen molar-refractivity contribution in [2.45, 2.75) is 74.3 Å². The quantitative estimate of drug-likeness (QED) is 0.130. The Kier molecular flexibility index (Phi) is 9.95. The highest BCUT2D eigenvalue weighted by Crippen LogP contribution is 2.36. The molecule has 0 aliphatic carbocycles. The summed E-state index contributed by atoms with van der Waals surface area (Å²) >= 11 is 0. The fourth-order valence-corrected chi connectivity index (χ4v) is 5.44. The lowest BCUT2D eigenvalue weighted by Crippen LogP contribution is -2.68. The molecule has 1 unspecified atom stereocenters. The average Bonchev–Trinajstić information content (AvgIpc) is 3.03. The van der Waals surface area contributed by atoms with Gasteiger partial charge in [-0.2, -0.15) is 0 Å². The van der Waals surface area contributed by atoms with Crippen molar-refractivity contribution in [3.05, 3.63) is 52.7 Å². The molecule has 15 heteroatoms. The van der Waals surface area contributed by atoms with Crippen LogP contribution in [0.5, 0.6) is 17.2 Å². The van der Waals surface area contributed by atoms with E-state index in [1.807, 2.05) is 6.92 Å². The minimum absolute atomic E-state index is 0.0459. The predicted molar refractivity (Wildman–Crippen MR) is 153 cm³/mol. The maximum Gasteiger partial charge on any atom is 0.229 e. The van der Waals surface area contributed by atoms with Crippen LogP contribution < -0.4 is 19.6 Å². The molecule has 0 radical (unpaired) electrons. The molecule has 5 rings (SSSR count). The van der Waals surface area contributed by atoms with Gasteiger partial charge in [0, 0.05) is 23.8 Å². The number of aliphatic hydroxyl groups excluding tert-OH is 8. The molecule has 3 aromatic rings. The van der Waals surface area contributed by atoms with Crippen molar-refractivity contribution >= 4 is 11.0 Å². The van der Waals surface area contributed by atoms with Crippen LogP contribution in [0.4, 0.5) is 0 Å². The molecular weight excluding hydrogens is 600 g/mol. The summed E-state index contributed by atoms with van der Waals surface area (Å²) in [7, 11) is 1.36. The lowest BCUT2D eigenvalue weighted by Gasteiger charge is -2.47. The number of aliphatic hydroxyl groups is 8. The van der Waals surface area contributed by atoms with E-state index in [0.717, 1.165) is 0 Å². The Morgan fingerprint density at radius 3 is 2.09 bits per heavy atom. The summed E-state index contributed by atoms with van der Waals surface area (Å²) in [6, 6.07) is 10.9. The van der Waals surface area contributed by atoms with Crippen molar-refractivity contribution in [3.63, 3.8) is 0 Å². The Morgan fingerprint density at radius 1 is 0.822 bits per heavy atom. The second kappa shape index (κ2) is 13.6. The average molecular weight is 637 g/mol. The molecule has 15 nitrogen and oxygen atoms in total. The Labute approximate surface area is 256 Å². The molecule has 11 atom stereocenters. The van der Waals surface area contributed by atoms with Gasteiger partial charge in [0.15, 0.2) is 5.43 Å². The van der Waals surface area contributed by atoms with E-state index in [1.165, 1.54) is 25.3 Å². The van der Waals surface area contributed by atoms with Crippen LogP contribution in [0.25, 0.3) is 22.3 Å². The van der Waals surface area contributed by atoms with Crippen LogP contribution in [0.2, 0.25) is 0 Å². The smallest absolute Gasteiger partial charge is 0.229 e. The summed E-state index contributed by atoms with van der Waals surface area (Å²) in [6.45, 7) is 1.56. The second-order valence-corrected chi connectivity index (χ2v) is 10.8. The standard InChI is InChI=1S/C30H36O15/c1-3-41-13-6-4-12(5-7-13)16-10-15(32)20-17(42-16)8-14(40-2)9-18(20)44-30-26(38)23(35)25(37)29(45-30)27(39)28-24(36)22(34)21(33)19(11-31)43-28/h4-10,19,21-31,33-39H,3,11H2,1-2H3/t19-,21-,22+,23+,24-,25+,26-,27?,28-,29+,30-/m1/s1. The van der Waals surface area contributed by atoms with Gasteiger partial charge in [0.1, 0.15) is 95.0 Å². The molecule has 2 aliphatic rings. The SMILES string of the molecule is CCOc1ccc(-c2cc(=O)c3c(O[C@@H]4O[C@H](C(O)[C@@H]5O[C@H](CO)[C@@H](O)[C@H](O)[C@H]5O)[C@@H](O)[C@H](O)[C@H]4O)cc(OC)cc3o2)cc1. The maximum atomic E-state index is 13.4. The van der Waals surface area contributed by atoms with Gasteiger partial charge in [-0.1, -0.05) is 0 Å². The Balaban J connectivity index is 1.46. The van der Waals surface area contributed by atoms with E-state index in [-0.39, 0.29) is 28.2 Å². The lowest BCUT2D eigenvalue weighted by atomic mass is 9.86. The van der Waals surface area contributed by atoms with E-state index in [9.17, 15) is 45.6 Å². The van der Waals surface area contributed by atoms with Crippen LogP contribution in [-0.2, 0) is 9.47 Å². The highest BCUT2D eigenvalue weighted by molar-refractivity contribution is 5.86. The van der Waals surface area contributed by atoms with E-state index < -0.39 is 79.4 Å². The van der Waals surface area contributed by atoms with Gasteiger partial charge in [-0.05, 0) is 31.2 Å². The van der Waals surface area contributed by atoms with Gasteiger partial charge in [0.25, 0.3) is 0 Å². The minimum atomic E-state index is -1.98. The zero-order chi connectivity index (χ0) is 32.6. The molecule has 8 N–H and O–H groups in total. The van der Waals surface area contributed by atoms with E-state index in [2.05, 4.69) is 0 Å². The van der Waals surface area contributed by atoms with Crippen molar-refractivity contribution in [1.82, 2.24) is 0 Å².